The lowest BCUT2D eigenvalue weighted by atomic mass is 9.83. The maximum atomic E-state index is 14.7. The number of hydrogen-bond acceptors (Lipinski definition) is 4. The van der Waals surface area contributed by atoms with Crippen molar-refractivity contribution in [1.29, 1.82) is 0 Å². The maximum absolute atomic E-state index is 14.7. The molecule has 1 fully saturated rings. The number of amides is 1. The van der Waals surface area contributed by atoms with Gasteiger partial charge in [0, 0.05) is 28.8 Å². The minimum Gasteiger partial charge on any atom is -0.464 e. The van der Waals surface area contributed by atoms with Gasteiger partial charge in [0.1, 0.15) is 11.4 Å². The Morgan fingerprint density at radius 3 is 2.81 bits per heavy atom. The Morgan fingerprint density at radius 2 is 2.07 bits per heavy atom. The third-order valence-corrected chi connectivity index (χ3v) is 5.26. The Morgan fingerprint density at radius 1 is 1.30 bits per heavy atom. The Kier molecular flexibility index (Phi) is 4.44. The van der Waals surface area contributed by atoms with Crippen molar-refractivity contribution in [3.8, 4) is 11.3 Å². The normalized spacial score (nSPS) is 22.7. The predicted molar refractivity (Wildman–Crippen MR) is 99.7 cm³/mol. The third-order valence-electron chi connectivity index (χ3n) is 5.26. The van der Waals surface area contributed by atoms with Crippen molar-refractivity contribution in [3.05, 3.63) is 54.2 Å². The molecule has 27 heavy (non-hydrogen) atoms. The molecule has 3 aromatic rings. The van der Waals surface area contributed by atoms with Crippen LogP contribution in [0.4, 0.5) is 4.39 Å². The summed E-state index contributed by atoms with van der Waals surface area (Å²) in [5, 5.41) is 13.7. The summed E-state index contributed by atoms with van der Waals surface area (Å²) >= 11 is 0. The van der Waals surface area contributed by atoms with Crippen LogP contribution in [0, 0.1) is 5.82 Å². The van der Waals surface area contributed by atoms with E-state index >= 15 is 0 Å². The Hall–Kier alpha value is -2.73. The number of furan rings is 1. The highest BCUT2D eigenvalue weighted by Crippen LogP contribution is 2.30. The second kappa shape index (κ2) is 6.78. The zero-order valence-electron chi connectivity index (χ0n) is 15.0. The maximum Gasteiger partial charge on any atom is 0.251 e. The Labute approximate surface area is 156 Å². The third kappa shape index (κ3) is 3.57. The molecular weight excluding hydrogens is 347 g/mol. The highest BCUT2D eigenvalue weighted by atomic mass is 19.1. The monoisotopic (exact) mass is 368 g/mol. The van der Waals surface area contributed by atoms with Gasteiger partial charge in [-0.25, -0.2) is 4.39 Å². The highest BCUT2D eigenvalue weighted by molar-refractivity contribution is 5.96. The molecule has 0 bridgehead atoms. The van der Waals surface area contributed by atoms with E-state index in [1.807, 2.05) is 6.92 Å². The fraction of sp³-hybridized carbons (Fsp3) is 0.333. The van der Waals surface area contributed by atoms with E-state index in [9.17, 15) is 14.3 Å². The number of rotatable bonds is 3. The fourth-order valence-electron chi connectivity index (χ4n) is 3.61. The number of pyridine rings is 1. The second-order valence-electron chi connectivity index (χ2n) is 7.43. The van der Waals surface area contributed by atoms with Crippen LogP contribution in [0.25, 0.3) is 22.2 Å². The van der Waals surface area contributed by atoms with Gasteiger partial charge in [-0.05, 0) is 62.9 Å². The Bertz CT molecular complexity index is 986. The minimum absolute atomic E-state index is 0.00167. The van der Waals surface area contributed by atoms with Gasteiger partial charge in [-0.15, -0.1) is 0 Å². The number of nitrogens with one attached hydrogen (secondary N) is 1. The molecule has 140 valence electrons. The van der Waals surface area contributed by atoms with Crippen LogP contribution in [-0.4, -0.2) is 27.6 Å². The SMILES string of the molecule is CC1(O)CCC(NC(=O)c2ccc(-c3nccc4occc34)c(F)c2)CC1. The molecule has 2 heterocycles. The molecule has 1 saturated carbocycles. The van der Waals surface area contributed by atoms with Gasteiger partial charge >= 0.3 is 0 Å². The van der Waals surface area contributed by atoms with E-state index in [1.165, 1.54) is 12.3 Å². The molecule has 1 amide bonds. The van der Waals surface area contributed by atoms with Crippen molar-refractivity contribution in [2.45, 2.75) is 44.2 Å². The van der Waals surface area contributed by atoms with Crippen LogP contribution >= 0.6 is 0 Å². The molecule has 0 saturated heterocycles. The van der Waals surface area contributed by atoms with E-state index < -0.39 is 11.4 Å². The largest absolute Gasteiger partial charge is 0.464 e. The van der Waals surface area contributed by atoms with E-state index in [4.69, 9.17) is 4.42 Å². The summed E-state index contributed by atoms with van der Waals surface area (Å²) in [6, 6.07) is 7.89. The van der Waals surface area contributed by atoms with Gasteiger partial charge < -0.3 is 14.8 Å². The molecule has 4 rings (SSSR count). The van der Waals surface area contributed by atoms with Gasteiger partial charge in [0.05, 0.1) is 17.6 Å². The average Bonchev–Trinajstić information content (AvgIpc) is 3.12. The molecule has 6 heteroatoms. The van der Waals surface area contributed by atoms with Gasteiger partial charge in [-0.2, -0.15) is 0 Å². The summed E-state index contributed by atoms with van der Waals surface area (Å²) in [4.78, 5) is 16.7. The number of fused-ring (bicyclic) bond motifs is 1. The number of aliphatic hydroxyl groups is 1. The van der Waals surface area contributed by atoms with Gasteiger partial charge in [-0.1, -0.05) is 0 Å². The van der Waals surface area contributed by atoms with Crippen molar-refractivity contribution in [3.63, 3.8) is 0 Å². The Balaban J connectivity index is 1.53. The van der Waals surface area contributed by atoms with E-state index in [0.29, 0.717) is 42.5 Å². The van der Waals surface area contributed by atoms with Crippen LogP contribution < -0.4 is 5.32 Å². The van der Waals surface area contributed by atoms with Crippen molar-refractivity contribution in [2.24, 2.45) is 0 Å². The topological polar surface area (TPSA) is 75.4 Å². The first-order chi connectivity index (χ1) is 12.9. The smallest absolute Gasteiger partial charge is 0.251 e. The van der Waals surface area contributed by atoms with Crippen molar-refractivity contribution < 1.29 is 18.7 Å². The van der Waals surface area contributed by atoms with Crippen molar-refractivity contribution in [1.82, 2.24) is 10.3 Å². The zero-order chi connectivity index (χ0) is 19.0. The predicted octanol–water partition coefficient (Wildman–Crippen LogP) is 4.06. The van der Waals surface area contributed by atoms with Crippen LogP contribution in [-0.2, 0) is 0 Å². The molecule has 0 radical (unpaired) electrons. The summed E-state index contributed by atoms with van der Waals surface area (Å²) in [5.41, 5.74) is 1.06. The molecule has 0 aliphatic heterocycles. The molecule has 5 nitrogen and oxygen atoms in total. The summed E-state index contributed by atoms with van der Waals surface area (Å²) in [5.74, 6) is -0.808. The number of carbonyl (C=O) groups is 1. The fourth-order valence-corrected chi connectivity index (χ4v) is 3.61. The van der Waals surface area contributed by atoms with Crippen LogP contribution in [0.3, 0.4) is 0 Å². The summed E-state index contributed by atoms with van der Waals surface area (Å²) in [6.07, 6.45) is 5.82. The molecular formula is C21H21FN2O3. The molecule has 1 aliphatic rings. The van der Waals surface area contributed by atoms with Crippen LogP contribution in [0.5, 0.6) is 0 Å². The quantitative estimate of drug-likeness (QED) is 0.731. The first-order valence-corrected chi connectivity index (χ1v) is 9.08. The summed E-state index contributed by atoms with van der Waals surface area (Å²) < 4.78 is 20.1. The first kappa shape index (κ1) is 17.7. The first-order valence-electron chi connectivity index (χ1n) is 9.08. The van der Waals surface area contributed by atoms with Crippen molar-refractivity contribution >= 4 is 16.9 Å². The summed E-state index contributed by atoms with van der Waals surface area (Å²) in [7, 11) is 0. The number of carbonyl (C=O) groups excluding carboxylic acids is 1. The van der Waals surface area contributed by atoms with Crippen LogP contribution in [0.1, 0.15) is 43.0 Å². The lowest BCUT2D eigenvalue weighted by Crippen LogP contribution is -2.42. The number of benzene rings is 1. The van der Waals surface area contributed by atoms with Gasteiger partial charge in [0.15, 0.2) is 0 Å². The molecule has 0 atom stereocenters. The van der Waals surface area contributed by atoms with Crippen LogP contribution in [0.2, 0.25) is 0 Å². The van der Waals surface area contributed by atoms with E-state index in [2.05, 4.69) is 10.3 Å². The van der Waals surface area contributed by atoms with E-state index in [0.717, 1.165) is 5.39 Å². The number of aromatic nitrogens is 1. The zero-order valence-corrected chi connectivity index (χ0v) is 15.0. The number of hydrogen-bond donors (Lipinski definition) is 2. The van der Waals surface area contributed by atoms with Crippen molar-refractivity contribution in [2.75, 3.05) is 0 Å². The number of nitrogens with zero attached hydrogens (tertiary/aromatic N) is 1. The lowest BCUT2D eigenvalue weighted by Gasteiger charge is -2.33. The van der Waals surface area contributed by atoms with E-state index in [-0.39, 0.29) is 17.5 Å². The molecule has 2 N–H and O–H groups in total. The molecule has 2 aromatic heterocycles. The molecule has 0 spiro atoms. The number of halogens is 1. The molecule has 1 aromatic carbocycles. The molecule has 0 unspecified atom stereocenters. The second-order valence-corrected chi connectivity index (χ2v) is 7.43. The highest BCUT2D eigenvalue weighted by Gasteiger charge is 2.29. The average molecular weight is 368 g/mol. The lowest BCUT2D eigenvalue weighted by molar-refractivity contribution is 0.0140. The standard InChI is InChI=1S/C21H21FN2O3/c1-21(26)8-4-14(5-9-21)24-20(25)13-2-3-15(17(22)12-13)19-16-7-11-27-18(16)6-10-23-19/h2-3,6-7,10-12,14,26H,4-5,8-9H2,1H3,(H,24,25). The minimum atomic E-state index is -0.657. The summed E-state index contributed by atoms with van der Waals surface area (Å²) in [6.45, 7) is 1.81. The van der Waals surface area contributed by atoms with Crippen LogP contribution in [0.15, 0.2) is 47.2 Å². The van der Waals surface area contributed by atoms with E-state index in [1.54, 1.807) is 30.5 Å². The van der Waals surface area contributed by atoms with Gasteiger partial charge in [-0.3, -0.25) is 9.78 Å². The molecule has 1 aliphatic carbocycles. The van der Waals surface area contributed by atoms with Gasteiger partial charge in [0.2, 0.25) is 0 Å². The van der Waals surface area contributed by atoms with Gasteiger partial charge in [0.25, 0.3) is 5.91 Å².